The minimum absolute atomic E-state index is 0.116. The first-order valence-electron chi connectivity index (χ1n) is 5.58. The molecule has 2 aliphatic rings. The highest BCUT2D eigenvalue weighted by Gasteiger charge is 2.47. The third-order valence-electron chi connectivity index (χ3n) is 3.28. The molecule has 3 rings (SSSR count). The Kier molecular flexibility index (Phi) is 2.33. The maximum Gasteiger partial charge on any atom is 0.332 e. The van der Waals surface area contributed by atoms with E-state index in [4.69, 9.17) is 11.6 Å². The molecule has 2 aliphatic heterocycles. The monoisotopic (exact) mass is 250 g/mol. The van der Waals surface area contributed by atoms with Gasteiger partial charge in [0.15, 0.2) is 0 Å². The zero-order chi connectivity index (χ0) is 12.0. The molecule has 1 aromatic carbocycles. The van der Waals surface area contributed by atoms with Crippen LogP contribution in [-0.4, -0.2) is 29.4 Å². The standard InChI is InChI=1S/C12H11ClN2O2/c13-8-3-5-9(6-4-8)15-11(16)10-2-1-7-14(10)12(15)17/h3-6,10H,1-2,7H2. The van der Waals surface area contributed by atoms with E-state index in [1.165, 1.54) is 4.90 Å². The van der Waals surface area contributed by atoms with Gasteiger partial charge in [-0.1, -0.05) is 11.6 Å². The number of carbonyl (C=O) groups is 2. The van der Waals surface area contributed by atoms with E-state index in [1.807, 2.05) is 0 Å². The number of anilines is 1. The van der Waals surface area contributed by atoms with Crippen molar-refractivity contribution in [2.75, 3.05) is 11.4 Å². The van der Waals surface area contributed by atoms with E-state index in [1.54, 1.807) is 29.2 Å². The van der Waals surface area contributed by atoms with Gasteiger partial charge in [0.25, 0.3) is 5.91 Å². The summed E-state index contributed by atoms with van der Waals surface area (Å²) in [4.78, 5) is 27.1. The number of urea groups is 1. The number of hydrogen-bond donors (Lipinski definition) is 0. The Morgan fingerprint density at radius 2 is 1.88 bits per heavy atom. The van der Waals surface area contributed by atoms with Crippen molar-refractivity contribution < 1.29 is 9.59 Å². The minimum atomic E-state index is -0.252. The van der Waals surface area contributed by atoms with E-state index < -0.39 is 0 Å². The van der Waals surface area contributed by atoms with Crippen LogP contribution in [0.3, 0.4) is 0 Å². The van der Waals surface area contributed by atoms with E-state index in [-0.39, 0.29) is 18.0 Å². The number of imide groups is 1. The first kappa shape index (κ1) is 10.6. The summed E-state index contributed by atoms with van der Waals surface area (Å²) in [6.07, 6.45) is 1.69. The van der Waals surface area contributed by atoms with Gasteiger partial charge in [-0.15, -0.1) is 0 Å². The number of benzene rings is 1. The summed E-state index contributed by atoms with van der Waals surface area (Å²) in [6.45, 7) is 0.680. The second-order valence-corrected chi connectivity index (χ2v) is 4.72. The van der Waals surface area contributed by atoms with E-state index in [0.29, 0.717) is 17.3 Å². The summed E-state index contributed by atoms with van der Waals surface area (Å²) in [6, 6.07) is 6.29. The molecule has 17 heavy (non-hydrogen) atoms. The summed E-state index contributed by atoms with van der Waals surface area (Å²) in [7, 11) is 0. The lowest BCUT2D eigenvalue weighted by molar-refractivity contribution is -0.119. The first-order valence-corrected chi connectivity index (χ1v) is 5.96. The number of carbonyl (C=O) groups excluding carboxylic acids is 2. The second-order valence-electron chi connectivity index (χ2n) is 4.28. The Hall–Kier alpha value is -1.55. The van der Waals surface area contributed by atoms with Gasteiger partial charge in [-0.3, -0.25) is 4.79 Å². The molecule has 1 unspecified atom stereocenters. The first-order chi connectivity index (χ1) is 8.18. The number of amides is 3. The van der Waals surface area contributed by atoms with E-state index in [0.717, 1.165) is 12.8 Å². The van der Waals surface area contributed by atoms with Crippen LogP contribution in [-0.2, 0) is 4.79 Å². The molecule has 3 amide bonds. The Bertz CT molecular complexity index is 464. The molecule has 4 nitrogen and oxygen atoms in total. The molecular weight excluding hydrogens is 240 g/mol. The summed E-state index contributed by atoms with van der Waals surface area (Å²) < 4.78 is 0. The summed E-state index contributed by atoms with van der Waals surface area (Å²) in [5.74, 6) is -0.116. The van der Waals surface area contributed by atoms with E-state index in [2.05, 4.69) is 0 Å². The SMILES string of the molecule is O=C1C2CCCN2C(=O)N1c1ccc(Cl)cc1. The normalized spacial score (nSPS) is 23.5. The van der Waals surface area contributed by atoms with E-state index in [9.17, 15) is 9.59 Å². The fourth-order valence-electron chi connectivity index (χ4n) is 2.45. The molecule has 2 heterocycles. The minimum Gasteiger partial charge on any atom is -0.312 e. The lowest BCUT2D eigenvalue weighted by Crippen LogP contribution is -2.32. The highest BCUT2D eigenvalue weighted by Crippen LogP contribution is 2.31. The number of nitrogens with zero attached hydrogens (tertiary/aromatic N) is 2. The molecule has 2 fully saturated rings. The number of hydrogen-bond acceptors (Lipinski definition) is 2. The molecule has 0 N–H and O–H groups in total. The van der Waals surface area contributed by atoms with Crippen molar-refractivity contribution in [1.29, 1.82) is 0 Å². The summed E-state index contributed by atoms with van der Waals surface area (Å²) in [5, 5.41) is 0.591. The van der Waals surface area contributed by atoms with Crippen molar-refractivity contribution in [2.45, 2.75) is 18.9 Å². The number of halogens is 1. The molecule has 5 heteroatoms. The maximum atomic E-state index is 12.1. The smallest absolute Gasteiger partial charge is 0.312 e. The van der Waals surface area contributed by atoms with Crippen LogP contribution in [0, 0.1) is 0 Å². The Labute approximate surface area is 104 Å². The van der Waals surface area contributed by atoms with Gasteiger partial charge >= 0.3 is 6.03 Å². The zero-order valence-corrected chi connectivity index (χ0v) is 9.85. The molecule has 0 radical (unpaired) electrons. The Morgan fingerprint density at radius 1 is 1.18 bits per heavy atom. The predicted octanol–water partition coefficient (Wildman–Crippen LogP) is 2.27. The predicted molar refractivity (Wildman–Crippen MR) is 64.1 cm³/mol. The van der Waals surface area contributed by atoms with Crippen molar-refractivity contribution in [3.05, 3.63) is 29.3 Å². The highest BCUT2D eigenvalue weighted by molar-refractivity contribution is 6.30. The van der Waals surface area contributed by atoms with Gasteiger partial charge in [0.2, 0.25) is 0 Å². The van der Waals surface area contributed by atoms with Crippen LogP contribution in [0.5, 0.6) is 0 Å². The largest absolute Gasteiger partial charge is 0.332 e. The van der Waals surface area contributed by atoms with Crippen LogP contribution in [0.4, 0.5) is 10.5 Å². The molecule has 1 atom stereocenters. The fraction of sp³-hybridized carbons (Fsp3) is 0.333. The van der Waals surface area contributed by atoms with Gasteiger partial charge in [0.1, 0.15) is 6.04 Å². The average Bonchev–Trinajstić information content (AvgIpc) is 2.87. The molecule has 0 aromatic heterocycles. The van der Waals surface area contributed by atoms with Crippen LogP contribution in [0.2, 0.25) is 5.02 Å². The quantitative estimate of drug-likeness (QED) is 0.718. The lowest BCUT2D eigenvalue weighted by Gasteiger charge is -2.15. The van der Waals surface area contributed by atoms with Crippen molar-refractivity contribution in [1.82, 2.24) is 4.90 Å². The number of rotatable bonds is 1. The molecular formula is C12H11ClN2O2. The van der Waals surface area contributed by atoms with Gasteiger partial charge in [0, 0.05) is 11.6 Å². The van der Waals surface area contributed by atoms with Gasteiger partial charge in [-0.05, 0) is 37.1 Å². The number of fused-ring (bicyclic) bond motifs is 1. The van der Waals surface area contributed by atoms with Crippen molar-refractivity contribution in [3.63, 3.8) is 0 Å². The zero-order valence-electron chi connectivity index (χ0n) is 9.10. The second kappa shape index (κ2) is 3.74. The van der Waals surface area contributed by atoms with Crippen LogP contribution in [0.25, 0.3) is 0 Å². The molecule has 1 aromatic rings. The van der Waals surface area contributed by atoms with Crippen LogP contribution < -0.4 is 4.90 Å². The highest BCUT2D eigenvalue weighted by atomic mass is 35.5. The summed E-state index contributed by atoms with van der Waals surface area (Å²) >= 11 is 5.79. The maximum absolute atomic E-state index is 12.1. The van der Waals surface area contributed by atoms with Crippen molar-refractivity contribution >= 4 is 29.2 Å². The van der Waals surface area contributed by atoms with Gasteiger partial charge in [0.05, 0.1) is 5.69 Å². The third-order valence-corrected chi connectivity index (χ3v) is 3.53. The average molecular weight is 251 g/mol. The Morgan fingerprint density at radius 3 is 2.53 bits per heavy atom. The lowest BCUT2D eigenvalue weighted by atomic mass is 10.2. The van der Waals surface area contributed by atoms with Crippen LogP contribution >= 0.6 is 11.6 Å². The Balaban J connectivity index is 1.96. The molecule has 0 spiro atoms. The summed E-state index contributed by atoms with van der Waals surface area (Å²) in [5.41, 5.74) is 0.596. The van der Waals surface area contributed by atoms with Gasteiger partial charge in [-0.2, -0.15) is 0 Å². The van der Waals surface area contributed by atoms with Crippen molar-refractivity contribution in [2.24, 2.45) is 0 Å². The van der Waals surface area contributed by atoms with Crippen LogP contribution in [0.15, 0.2) is 24.3 Å². The fourth-order valence-corrected chi connectivity index (χ4v) is 2.58. The molecule has 0 aliphatic carbocycles. The topological polar surface area (TPSA) is 40.6 Å². The van der Waals surface area contributed by atoms with Gasteiger partial charge < -0.3 is 4.90 Å². The molecule has 2 saturated heterocycles. The van der Waals surface area contributed by atoms with Gasteiger partial charge in [-0.25, -0.2) is 9.69 Å². The van der Waals surface area contributed by atoms with Crippen LogP contribution in [0.1, 0.15) is 12.8 Å². The third kappa shape index (κ3) is 1.52. The molecule has 0 saturated carbocycles. The molecule has 0 bridgehead atoms. The molecule has 88 valence electrons. The van der Waals surface area contributed by atoms with E-state index >= 15 is 0 Å². The van der Waals surface area contributed by atoms with Crippen molar-refractivity contribution in [3.8, 4) is 0 Å².